The van der Waals surface area contributed by atoms with Gasteiger partial charge in [0.2, 0.25) is 11.8 Å². The zero-order valence-electron chi connectivity index (χ0n) is 34.0. The third kappa shape index (κ3) is 17.7. The van der Waals surface area contributed by atoms with Crippen molar-refractivity contribution in [3.63, 3.8) is 0 Å². The Morgan fingerprint density at radius 2 is 0.981 bits per heavy atom. The lowest BCUT2D eigenvalue weighted by Crippen LogP contribution is -2.27. The van der Waals surface area contributed by atoms with E-state index in [4.69, 9.17) is 9.47 Å². The fourth-order valence-corrected chi connectivity index (χ4v) is 6.69. The number of allylic oxidation sites excluding steroid dienone is 18. The van der Waals surface area contributed by atoms with Gasteiger partial charge in [-0.25, -0.2) is 0 Å². The Kier molecular flexibility index (Phi) is 19.7. The molecule has 0 fully saturated rings. The highest BCUT2D eigenvalue weighted by atomic mass is 16.5. The Morgan fingerprint density at radius 3 is 1.35 bits per heavy atom. The predicted molar refractivity (Wildman–Crippen MR) is 220 cm³/mol. The standard InChI is InChI=1S/C46H68N2O4/c1-35(21-23-41-39(5)19-13-25-45(41,7)8)15-11-17-37(3)33-43(49)47-27-29-51-31-32-52-30-28-48-44(50)34-38(4)18-12-16-36(2)22-24-42-40(6)20-14-26-46(42,9)10/h11-12,15-18,21-24,33-34H,13-14,19-20,25-32H2,1-10H3,(H,47,49)(H,48,50)/b17-11+,18-12+,23-21+,24-22+,35-15+,36-16+,37-33+,38-34+. The van der Waals surface area contributed by atoms with Gasteiger partial charge in [0.1, 0.15) is 0 Å². The largest absolute Gasteiger partial charge is 0.377 e. The first-order valence-corrected chi connectivity index (χ1v) is 19.1. The fourth-order valence-electron chi connectivity index (χ4n) is 6.69. The molecule has 0 saturated carbocycles. The molecule has 2 amide bonds. The van der Waals surface area contributed by atoms with Crippen molar-refractivity contribution >= 4 is 11.8 Å². The Morgan fingerprint density at radius 1 is 0.596 bits per heavy atom. The molecule has 6 heteroatoms. The van der Waals surface area contributed by atoms with Gasteiger partial charge in [-0.3, -0.25) is 9.59 Å². The zero-order chi connectivity index (χ0) is 38.6. The molecule has 0 aromatic rings. The van der Waals surface area contributed by atoms with Crippen LogP contribution in [0.1, 0.15) is 108 Å². The Balaban J connectivity index is 1.56. The van der Waals surface area contributed by atoms with Crippen molar-refractivity contribution in [2.75, 3.05) is 39.5 Å². The van der Waals surface area contributed by atoms with Crippen LogP contribution < -0.4 is 10.6 Å². The van der Waals surface area contributed by atoms with E-state index in [0.29, 0.717) is 39.5 Å². The van der Waals surface area contributed by atoms with E-state index < -0.39 is 0 Å². The summed E-state index contributed by atoms with van der Waals surface area (Å²) in [4.78, 5) is 24.5. The normalized spacial score (nSPS) is 19.2. The number of nitrogens with one attached hydrogen (secondary N) is 2. The quantitative estimate of drug-likeness (QED) is 0.0794. The molecule has 2 rings (SSSR count). The van der Waals surface area contributed by atoms with Crippen LogP contribution in [0.25, 0.3) is 0 Å². The molecule has 2 N–H and O–H groups in total. The number of amides is 2. The Bertz CT molecular complexity index is 1400. The van der Waals surface area contributed by atoms with E-state index in [1.54, 1.807) is 12.2 Å². The van der Waals surface area contributed by atoms with E-state index in [-0.39, 0.29) is 22.6 Å². The van der Waals surface area contributed by atoms with Crippen molar-refractivity contribution in [2.45, 2.75) is 108 Å². The highest BCUT2D eigenvalue weighted by molar-refractivity contribution is 5.89. The van der Waals surface area contributed by atoms with Gasteiger partial charge in [0.15, 0.2) is 0 Å². The first kappa shape index (κ1) is 44.4. The Hall–Kier alpha value is -3.74. The number of rotatable bonds is 19. The molecule has 0 spiro atoms. The third-order valence-corrected chi connectivity index (χ3v) is 9.73. The van der Waals surface area contributed by atoms with Crippen LogP contribution in [0, 0.1) is 10.8 Å². The van der Waals surface area contributed by atoms with Gasteiger partial charge in [-0.2, -0.15) is 0 Å². The van der Waals surface area contributed by atoms with Gasteiger partial charge < -0.3 is 20.1 Å². The van der Waals surface area contributed by atoms with Crippen LogP contribution in [0.5, 0.6) is 0 Å². The smallest absolute Gasteiger partial charge is 0.244 e. The summed E-state index contributed by atoms with van der Waals surface area (Å²) in [5.41, 5.74) is 10.5. The van der Waals surface area contributed by atoms with Gasteiger partial charge in [0, 0.05) is 25.2 Å². The molecule has 0 heterocycles. The van der Waals surface area contributed by atoms with Crippen LogP contribution in [0.3, 0.4) is 0 Å². The van der Waals surface area contributed by atoms with Crippen LogP contribution in [0.4, 0.5) is 0 Å². The lowest BCUT2D eigenvalue weighted by atomic mass is 9.72. The molecule has 0 saturated heterocycles. The summed E-state index contributed by atoms with van der Waals surface area (Å²) in [5, 5.41) is 5.70. The van der Waals surface area contributed by atoms with Crippen LogP contribution >= 0.6 is 0 Å². The molecule has 0 aromatic carbocycles. The summed E-state index contributed by atoms with van der Waals surface area (Å²) < 4.78 is 11.1. The molecule has 0 atom stereocenters. The molecule has 286 valence electrons. The first-order valence-electron chi connectivity index (χ1n) is 19.1. The van der Waals surface area contributed by atoms with Gasteiger partial charge in [0.25, 0.3) is 0 Å². The lowest BCUT2D eigenvalue weighted by molar-refractivity contribution is -0.117. The summed E-state index contributed by atoms with van der Waals surface area (Å²) in [7, 11) is 0. The molecule has 2 aliphatic rings. The topological polar surface area (TPSA) is 76.7 Å². The van der Waals surface area contributed by atoms with Crippen molar-refractivity contribution in [3.05, 3.63) is 117 Å². The number of hydrogen-bond acceptors (Lipinski definition) is 4. The number of carbonyl (C=O) groups is 2. The number of ether oxygens (including phenoxy) is 2. The van der Waals surface area contributed by atoms with Crippen molar-refractivity contribution in [1.29, 1.82) is 0 Å². The lowest BCUT2D eigenvalue weighted by Gasteiger charge is -2.33. The van der Waals surface area contributed by atoms with Crippen molar-refractivity contribution < 1.29 is 19.1 Å². The van der Waals surface area contributed by atoms with Crippen molar-refractivity contribution in [3.8, 4) is 0 Å². The van der Waals surface area contributed by atoms with E-state index in [0.717, 1.165) is 11.1 Å². The number of hydrogen-bond donors (Lipinski definition) is 2. The van der Waals surface area contributed by atoms with Crippen molar-refractivity contribution in [2.24, 2.45) is 10.8 Å². The minimum Gasteiger partial charge on any atom is -0.377 e. The molecule has 0 radical (unpaired) electrons. The second kappa shape index (κ2) is 23.0. The third-order valence-electron chi connectivity index (χ3n) is 9.73. The van der Waals surface area contributed by atoms with E-state index in [1.165, 1.54) is 72.0 Å². The van der Waals surface area contributed by atoms with Gasteiger partial charge in [-0.15, -0.1) is 0 Å². The highest BCUT2D eigenvalue weighted by Gasteiger charge is 2.27. The van der Waals surface area contributed by atoms with E-state index in [9.17, 15) is 9.59 Å². The minimum absolute atomic E-state index is 0.147. The molecule has 0 aliphatic heterocycles. The molecule has 52 heavy (non-hydrogen) atoms. The van der Waals surface area contributed by atoms with E-state index in [2.05, 4.69) is 102 Å². The van der Waals surface area contributed by atoms with E-state index >= 15 is 0 Å². The molecule has 0 unspecified atom stereocenters. The molecular weight excluding hydrogens is 645 g/mol. The highest BCUT2D eigenvalue weighted by Crippen LogP contribution is 2.41. The van der Waals surface area contributed by atoms with Crippen LogP contribution in [-0.2, 0) is 19.1 Å². The summed E-state index contributed by atoms with van der Waals surface area (Å²) >= 11 is 0. The first-order chi connectivity index (χ1) is 24.6. The second-order valence-corrected chi connectivity index (χ2v) is 15.7. The summed E-state index contributed by atoms with van der Waals surface area (Å²) in [5.74, 6) is -0.294. The average Bonchev–Trinajstić information content (AvgIpc) is 3.04. The summed E-state index contributed by atoms with van der Waals surface area (Å²) in [6.07, 6.45) is 31.4. The van der Waals surface area contributed by atoms with Gasteiger partial charge in [-0.1, -0.05) is 111 Å². The monoisotopic (exact) mass is 713 g/mol. The van der Waals surface area contributed by atoms with Crippen molar-refractivity contribution in [1.82, 2.24) is 10.6 Å². The molecule has 0 aromatic heterocycles. The summed E-state index contributed by atoms with van der Waals surface area (Å²) in [6, 6.07) is 0. The maximum absolute atomic E-state index is 12.2. The predicted octanol–water partition coefficient (Wildman–Crippen LogP) is 10.3. The van der Waals surface area contributed by atoms with Crippen LogP contribution in [-0.4, -0.2) is 51.3 Å². The van der Waals surface area contributed by atoms with E-state index in [1.807, 2.05) is 38.2 Å². The Labute approximate surface area is 316 Å². The van der Waals surface area contributed by atoms with Gasteiger partial charge in [-0.05, 0) is 113 Å². The molecule has 6 nitrogen and oxygen atoms in total. The van der Waals surface area contributed by atoms with Crippen LogP contribution in [0.15, 0.2) is 117 Å². The average molecular weight is 713 g/mol. The molecule has 2 aliphatic carbocycles. The molecule has 0 bridgehead atoms. The number of carbonyl (C=O) groups excluding carboxylic acids is 2. The second-order valence-electron chi connectivity index (χ2n) is 15.7. The summed E-state index contributed by atoms with van der Waals surface area (Å²) in [6.45, 7) is 24.3. The fraction of sp³-hybridized carbons (Fsp3) is 0.522. The zero-order valence-corrected chi connectivity index (χ0v) is 34.0. The van der Waals surface area contributed by atoms with Crippen LogP contribution in [0.2, 0.25) is 0 Å². The molecular formula is C46H68N2O4. The maximum Gasteiger partial charge on any atom is 0.244 e. The minimum atomic E-state index is -0.147. The SMILES string of the molecule is CC1=C(/C=C/C(C)=C/C=C/C(C)=C/C(=O)NCCOCCOCCNC(=O)/C=C(C)/C=C/C=C(C)/C=C/C2=C(C)CCCC2(C)C)C(C)(C)CCC1. The van der Waals surface area contributed by atoms with Gasteiger partial charge >= 0.3 is 0 Å². The maximum atomic E-state index is 12.2. The van der Waals surface area contributed by atoms with Gasteiger partial charge in [0.05, 0.1) is 26.4 Å².